The summed E-state index contributed by atoms with van der Waals surface area (Å²) in [6.45, 7) is 0.425. The first-order valence-electron chi connectivity index (χ1n) is 4.68. The lowest BCUT2D eigenvalue weighted by Crippen LogP contribution is -2.10. The zero-order valence-electron chi connectivity index (χ0n) is 8.64. The van der Waals surface area contributed by atoms with Gasteiger partial charge in [0.1, 0.15) is 12.4 Å². The Balaban J connectivity index is 2.79. The lowest BCUT2D eigenvalue weighted by Gasteiger charge is -2.07. The van der Waals surface area contributed by atoms with Crippen molar-refractivity contribution < 1.29 is 9.13 Å². The predicted molar refractivity (Wildman–Crippen MR) is 55.4 cm³/mol. The molecule has 0 fully saturated rings. The molecule has 1 rings (SSSR count). The van der Waals surface area contributed by atoms with E-state index in [2.05, 4.69) is 5.32 Å². The maximum atomic E-state index is 12.6. The lowest BCUT2D eigenvalue weighted by atomic mass is 10.1. The molecule has 0 aromatic heterocycles. The molecular formula is C11H16FNO. The Morgan fingerprint density at radius 1 is 1.43 bits per heavy atom. The Bertz CT molecular complexity index is 289. The number of nitrogens with one attached hydrogen (secondary N) is 1. The summed E-state index contributed by atoms with van der Waals surface area (Å²) in [5.74, 6) is 0.626. The summed E-state index contributed by atoms with van der Waals surface area (Å²) in [4.78, 5) is 0. The summed E-state index contributed by atoms with van der Waals surface area (Å²) < 4.78 is 17.6. The van der Waals surface area contributed by atoms with Crippen LogP contribution in [0.4, 0.5) is 4.39 Å². The third kappa shape index (κ3) is 2.70. The average molecular weight is 197 g/mol. The highest BCUT2D eigenvalue weighted by atomic mass is 19.1. The van der Waals surface area contributed by atoms with Crippen LogP contribution in [0.25, 0.3) is 0 Å². The summed E-state index contributed by atoms with van der Waals surface area (Å²) in [5, 5.41) is 3.06. The fourth-order valence-corrected chi connectivity index (χ4v) is 1.36. The number of hydrogen-bond donors (Lipinski definition) is 1. The molecule has 0 saturated carbocycles. The van der Waals surface area contributed by atoms with Gasteiger partial charge in [0.25, 0.3) is 0 Å². The third-order valence-corrected chi connectivity index (χ3v) is 2.15. The number of likely N-dealkylation sites (N-methyl/N-ethyl adjacent to an activating group) is 1. The Kier molecular flexibility index (Phi) is 4.40. The second-order valence-corrected chi connectivity index (χ2v) is 3.13. The molecule has 1 aromatic carbocycles. The first kappa shape index (κ1) is 11.0. The molecule has 0 spiro atoms. The maximum absolute atomic E-state index is 12.6. The summed E-state index contributed by atoms with van der Waals surface area (Å²) in [6.07, 6.45) is 0.910. The summed E-state index contributed by atoms with van der Waals surface area (Å²) >= 11 is 0. The monoisotopic (exact) mass is 197 g/mol. The van der Waals surface area contributed by atoms with Crippen molar-refractivity contribution in [3.8, 4) is 5.75 Å². The minimum Gasteiger partial charge on any atom is -0.496 e. The molecule has 3 heteroatoms. The van der Waals surface area contributed by atoms with Gasteiger partial charge in [0.05, 0.1) is 7.11 Å². The zero-order valence-corrected chi connectivity index (χ0v) is 8.64. The Labute approximate surface area is 84.1 Å². The molecule has 0 unspecified atom stereocenters. The molecule has 0 heterocycles. The molecule has 0 aliphatic carbocycles. The van der Waals surface area contributed by atoms with Crippen LogP contribution in [0, 0.1) is 0 Å². The topological polar surface area (TPSA) is 21.3 Å². The number of methoxy groups -OCH3 is 1. The van der Waals surface area contributed by atoms with Crippen LogP contribution >= 0.6 is 0 Å². The van der Waals surface area contributed by atoms with E-state index < -0.39 is 6.67 Å². The van der Waals surface area contributed by atoms with E-state index in [1.807, 2.05) is 25.2 Å². The van der Waals surface area contributed by atoms with Crippen molar-refractivity contribution in [2.24, 2.45) is 0 Å². The predicted octanol–water partition coefficient (Wildman–Crippen LogP) is 1.93. The van der Waals surface area contributed by atoms with Crippen molar-refractivity contribution in [2.75, 3.05) is 20.7 Å². The molecule has 78 valence electrons. The lowest BCUT2D eigenvalue weighted by molar-refractivity contribution is 0.394. The highest BCUT2D eigenvalue weighted by Gasteiger charge is 2.03. The van der Waals surface area contributed by atoms with E-state index >= 15 is 0 Å². The summed E-state index contributed by atoms with van der Waals surface area (Å²) in [7, 11) is 3.46. The molecule has 2 nitrogen and oxygen atoms in total. The molecule has 0 bridgehead atoms. The number of alkyl halides is 1. The van der Waals surface area contributed by atoms with Gasteiger partial charge in [-0.25, -0.2) is 4.39 Å². The smallest absolute Gasteiger partial charge is 0.124 e. The van der Waals surface area contributed by atoms with Gasteiger partial charge in [0.15, 0.2) is 0 Å². The third-order valence-electron chi connectivity index (χ3n) is 2.15. The Morgan fingerprint density at radius 3 is 2.79 bits per heavy atom. The van der Waals surface area contributed by atoms with Crippen LogP contribution in [0.2, 0.25) is 0 Å². The molecule has 0 aliphatic rings. The molecule has 1 aromatic rings. The van der Waals surface area contributed by atoms with E-state index in [0.29, 0.717) is 11.3 Å². The molecule has 0 amide bonds. The van der Waals surface area contributed by atoms with Crippen LogP contribution in [-0.4, -0.2) is 20.7 Å². The second kappa shape index (κ2) is 5.60. The Hall–Kier alpha value is -1.09. The molecular weight excluding hydrogens is 181 g/mol. The van der Waals surface area contributed by atoms with Gasteiger partial charge >= 0.3 is 0 Å². The largest absolute Gasteiger partial charge is 0.496 e. The minimum absolute atomic E-state index is 0.476. The van der Waals surface area contributed by atoms with Crippen LogP contribution < -0.4 is 10.1 Å². The fourth-order valence-electron chi connectivity index (χ4n) is 1.36. The highest BCUT2D eigenvalue weighted by molar-refractivity contribution is 5.36. The number of ether oxygens (including phenoxy) is 1. The fraction of sp³-hybridized carbons (Fsp3) is 0.455. The molecule has 1 N–H and O–H groups in total. The van der Waals surface area contributed by atoms with Crippen molar-refractivity contribution >= 4 is 0 Å². The van der Waals surface area contributed by atoms with E-state index in [4.69, 9.17) is 4.74 Å². The first-order valence-corrected chi connectivity index (χ1v) is 4.68. The van der Waals surface area contributed by atoms with Gasteiger partial charge in [0, 0.05) is 5.56 Å². The molecule has 0 aliphatic heterocycles. The van der Waals surface area contributed by atoms with Crippen molar-refractivity contribution in [3.63, 3.8) is 0 Å². The number of hydrogen-bond acceptors (Lipinski definition) is 2. The highest BCUT2D eigenvalue weighted by Crippen LogP contribution is 2.20. The van der Waals surface area contributed by atoms with Gasteiger partial charge < -0.3 is 10.1 Å². The van der Waals surface area contributed by atoms with Crippen molar-refractivity contribution in [2.45, 2.75) is 13.1 Å². The molecule has 0 saturated heterocycles. The quantitative estimate of drug-likeness (QED) is 0.778. The zero-order chi connectivity index (χ0) is 10.4. The standard InChI is InChI=1S/C11H16FNO/c1-13-6-5-9-3-4-11(14-2)10(7-9)8-12/h3-4,7,13H,5-6,8H2,1-2H3. The normalized spacial score (nSPS) is 10.2. The average Bonchev–Trinajstić information content (AvgIpc) is 2.25. The number of benzene rings is 1. The Morgan fingerprint density at radius 2 is 2.21 bits per heavy atom. The van der Waals surface area contributed by atoms with Crippen LogP contribution in [0.15, 0.2) is 18.2 Å². The van der Waals surface area contributed by atoms with Crippen molar-refractivity contribution in [1.29, 1.82) is 0 Å². The number of halogens is 1. The van der Waals surface area contributed by atoms with Gasteiger partial charge in [0.2, 0.25) is 0 Å². The van der Waals surface area contributed by atoms with E-state index in [-0.39, 0.29) is 0 Å². The summed E-state index contributed by atoms with van der Waals surface area (Å²) in [5.41, 5.74) is 1.76. The van der Waals surface area contributed by atoms with Crippen LogP contribution in [0.5, 0.6) is 5.75 Å². The van der Waals surface area contributed by atoms with Crippen molar-refractivity contribution in [1.82, 2.24) is 5.32 Å². The van der Waals surface area contributed by atoms with E-state index in [0.717, 1.165) is 18.5 Å². The molecule has 0 atom stereocenters. The van der Waals surface area contributed by atoms with Crippen molar-refractivity contribution in [3.05, 3.63) is 29.3 Å². The maximum Gasteiger partial charge on any atom is 0.124 e. The first-order chi connectivity index (χ1) is 6.81. The van der Waals surface area contributed by atoms with Crippen LogP contribution in [-0.2, 0) is 13.1 Å². The van der Waals surface area contributed by atoms with E-state index in [1.165, 1.54) is 0 Å². The molecule has 0 radical (unpaired) electrons. The van der Waals surface area contributed by atoms with Gasteiger partial charge in [-0.05, 0) is 37.7 Å². The van der Waals surface area contributed by atoms with E-state index in [1.54, 1.807) is 7.11 Å². The number of rotatable bonds is 5. The van der Waals surface area contributed by atoms with E-state index in [9.17, 15) is 4.39 Å². The van der Waals surface area contributed by atoms with Gasteiger partial charge in [-0.3, -0.25) is 0 Å². The second-order valence-electron chi connectivity index (χ2n) is 3.13. The minimum atomic E-state index is -0.476. The molecule has 14 heavy (non-hydrogen) atoms. The van der Waals surface area contributed by atoms with Gasteiger partial charge in [-0.1, -0.05) is 6.07 Å². The SMILES string of the molecule is CNCCc1ccc(OC)c(CF)c1. The summed E-state index contributed by atoms with van der Waals surface area (Å²) in [6, 6.07) is 5.64. The van der Waals surface area contributed by atoms with Crippen LogP contribution in [0.3, 0.4) is 0 Å². The van der Waals surface area contributed by atoms with Gasteiger partial charge in [-0.2, -0.15) is 0 Å². The van der Waals surface area contributed by atoms with Gasteiger partial charge in [-0.15, -0.1) is 0 Å². The van der Waals surface area contributed by atoms with Crippen LogP contribution in [0.1, 0.15) is 11.1 Å².